The molecule has 0 aliphatic rings. The fraction of sp³-hybridized carbons (Fsp3) is 0.158. The highest BCUT2D eigenvalue weighted by Gasteiger charge is 2.24. The molecule has 0 unspecified atom stereocenters. The number of hydrogen-bond donors (Lipinski definition) is 1. The van der Waals surface area contributed by atoms with Gasteiger partial charge in [-0.2, -0.15) is 5.10 Å². The molecular weight excluding hydrogens is 372 g/mol. The quantitative estimate of drug-likeness (QED) is 0.695. The van der Waals surface area contributed by atoms with Crippen molar-refractivity contribution in [1.82, 2.24) is 9.78 Å². The summed E-state index contributed by atoms with van der Waals surface area (Å²) in [6.07, 6.45) is -1.37. The van der Waals surface area contributed by atoms with Crippen LogP contribution in [-0.4, -0.2) is 27.8 Å². The number of para-hydroxylation sites is 1. The number of fused-ring (bicyclic) bond motifs is 1. The fourth-order valence-electron chi connectivity index (χ4n) is 2.56. The Morgan fingerprint density at radius 1 is 1.07 bits per heavy atom. The SMILES string of the molecule is C[C@H](OC(=O)c1nn(C)c(=O)c2ccccc12)C(=O)Nc1c(F)cccc1F. The van der Waals surface area contributed by atoms with Gasteiger partial charge in [-0.15, -0.1) is 0 Å². The second-order valence-electron chi connectivity index (χ2n) is 5.96. The monoisotopic (exact) mass is 387 g/mol. The van der Waals surface area contributed by atoms with Crippen LogP contribution in [0.25, 0.3) is 10.8 Å². The van der Waals surface area contributed by atoms with Gasteiger partial charge in [0, 0.05) is 12.4 Å². The molecule has 144 valence electrons. The standard InChI is InChI=1S/C19H15F2N3O4/c1-10(17(25)22-16-13(20)8-5-9-14(16)21)28-19(27)15-11-6-3-4-7-12(11)18(26)24(2)23-15/h3-10H,1-2H3,(H,22,25)/t10-/m0/s1. The van der Waals surface area contributed by atoms with E-state index >= 15 is 0 Å². The van der Waals surface area contributed by atoms with Gasteiger partial charge in [-0.25, -0.2) is 18.3 Å². The lowest BCUT2D eigenvalue weighted by Gasteiger charge is -2.15. The zero-order chi connectivity index (χ0) is 20.4. The predicted molar refractivity (Wildman–Crippen MR) is 96.8 cm³/mol. The Morgan fingerprint density at radius 2 is 1.68 bits per heavy atom. The molecule has 0 saturated heterocycles. The third-order valence-corrected chi connectivity index (χ3v) is 4.01. The average molecular weight is 387 g/mol. The normalized spacial score (nSPS) is 11.9. The van der Waals surface area contributed by atoms with Crippen molar-refractivity contribution in [3.63, 3.8) is 0 Å². The van der Waals surface area contributed by atoms with E-state index in [0.29, 0.717) is 0 Å². The number of amides is 1. The maximum atomic E-state index is 13.7. The second kappa shape index (κ2) is 7.55. The van der Waals surface area contributed by atoms with E-state index in [0.717, 1.165) is 22.9 Å². The lowest BCUT2D eigenvalue weighted by atomic mass is 10.1. The number of halogens is 2. The van der Waals surface area contributed by atoms with Gasteiger partial charge < -0.3 is 10.1 Å². The van der Waals surface area contributed by atoms with E-state index in [9.17, 15) is 23.2 Å². The molecule has 1 N–H and O–H groups in total. The van der Waals surface area contributed by atoms with Crippen molar-refractivity contribution in [1.29, 1.82) is 0 Å². The molecule has 1 heterocycles. The van der Waals surface area contributed by atoms with Crippen LogP contribution in [0, 0.1) is 11.6 Å². The minimum absolute atomic E-state index is 0.158. The van der Waals surface area contributed by atoms with Crippen molar-refractivity contribution in [2.45, 2.75) is 13.0 Å². The molecule has 9 heteroatoms. The largest absolute Gasteiger partial charge is 0.448 e. The molecule has 7 nitrogen and oxygen atoms in total. The van der Waals surface area contributed by atoms with Crippen LogP contribution < -0.4 is 10.9 Å². The van der Waals surface area contributed by atoms with E-state index in [2.05, 4.69) is 10.4 Å². The molecule has 0 bridgehead atoms. The summed E-state index contributed by atoms with van der Waals surface area (Å²) < 4.78 is 33.4. The van der Waals surface area contributed by atoms with Gasteiger partial charge in [-0.1, -0.05) is 24.3 Å². The van der Waals surface area contributed by atoms with E-state index in [1.165, 1.54) is 26.1 Å². The molecule has 0 saturated carbocycles. The lowest BCUT2D eigenvalue weighted by Crippen LogP contribution is -2.32. The first-order valence-electron chi connectivity index (χ1n) is 8.21. The predicted octanol–water partition coefficient (Wildman–Crippen LogP) is 2.40. The van der Waals surface area contributed by atoms with Gasteiger partial charge in [0.15, 0.2) is 11.8 Å². The van der Waals surface area contributed by atoms with Crippen LogP contribution in [0.4, 0.5) is 14.5 Å². The molecule has 1 aromatic heterocycles. The van der Waals surface area contributed by atoms with E-state index in [-0.39, 0.29) is 16.5 Å². The Bertz CT molecular complexity index is 1120. The molecule has 1 atom stereocenters. The van der Waals surface area contributed by atoms with Crippen LogP contribution >= 0.6 is 0 Å². The third kappa shape index (κ3) is 3.59. The zero-order valence-electron chi connectivity index (χ0n) is 14.9. The number of nitrogens with zero attached hydrogens (tertiary/aromatic N) is 2. The van der Waals surface area contributed by atoms with Crippen LogP contribution in [0.3, 0.4) is 0 Å². The number of esters is 1. The summed E-state index contributed by atoms with van der Waals surface area (Å²) in [6.45, 7) is 1.25. The molecule has 0 aliphatic carbocycles. The van der Waals surface area contributed by atoms with Crippen molar-refractivity contribution in [2.75, 3.05) is 5.32 Å². The highest BCUT2D eigenvalue weighted by atomic mass is 19.1. The lowest BCUT2D eigenvalue weighted by molar-refractivity contribution is -0.123. The van der Waals surface area contributed by atoms with Crippen molar-refractivity contribution in [3.8, 4) is 0 Å². The van der Waals surface area contributed by atoms with Crippen LogP contribution in [0.1, 0.15) is 17.4 Å². The van der Waals surface area contributed by atoms with Gasteiger partial charge >= 0.3 is 5.97 Å². The van der Waals surface area contributed by atoms with Gasteiger partial charge in [-0.3, -0.25) is 9.59 Å². The molecular formula is C19H15F2N3O4. The zero-order valence-corrected chi connectivity index (χ0v) is 14.9. The summed E-state index contributed by atoms with van der Waals surface area (Å²) in [5.41, 5.74) is -1.19. The van der Waals surface area contributed by atoms with Gasteiger partial charge in [0.05, 0.1) is 5.39 Å². The highest BCUT2D eigenvalue weighted by Crippen LogP contribution is 2.19. The van der Waals surface area contributed by atoms with Crippen molar-refractivity contribution in [2.24, 2.45) is 7.05 Å². The van der Waals surface area contributed by atoms with Crippen LogP contribution in [0.15, 0.2) is 47.3 Å². The minimum Gasteiger partial charge on any atom is -0.448 e. The number of hydrogen-bond acceptors (Lipinski definition) is 5. The third-order valence-electron chi connectivity index (χ3n) is 4.01. The first kappa shape index (κ1) is 19.2. The maximum absolute atomic E-state index is 13.7. The first-order valence-corrected chi connectivity index (χ1v) is 8.21. The highest BCUT2D eigenvalue weighted by molar-refractivity contribution is 6.03. The number of nitrogens with one attached hydrogen (secondary N) is 1. The Kier molecular flexibility index (Phi) is 5.16. The number of ether oxygens (including phenoxy) is 1. The molecule has 0 spiro atoms. The van der Waals surface area contributed by atoms with Crippen molar-refractivity contribution >= 4 is 28.3 Å². The minimum atomic E-state index is -1.37. The smallest absolute Gasteiger partial charge is 0.360 e. The van der Waals surface area contributed by atoms with E-state index < -0.39 is 40.9 Å². The number of carbonyl (C=O) groups excluding carboxylic acids is 2. The van der Waals surface area contributed by atoms with Gasteiger partial charge in [0.25, 0.3) is 11.5 Å². The first-order chi connectivity index (χ1) is 13.3. The van der Waals surface area contributed by atoms with E-state index in [4.69, 9.17) is 4.74 Å². The summed E-state index contributed by atoms with van der Waals surface area (Å²) in [5.74, 6) is -3.80. The van der Waals surface area contributed by atoms with E-state index in [1.54, 1.807) is 12.1 Å². The summed E-state index contributed by atoms with van der Waals surface area (Å²) in [4.78, 5) is 36.8. The second-order valence-corrected chi connectivity index (χ2v) is 5.96. The van der Waals surface area contributed by atoms with Crippen LogP contribution in [-0.2, 0) is 16.6 Å². The molecule has 3 aromatic rings. The topological polar surface area (TPSA) is 90.3 Å². The maximum Gasteiger partial charge on any atom is 0.360 e. The van der Waals surface area contributed by atoms with E-state index in [1.807, 2.05) is 0 Å². The number of rotatable bonds is 4. The summed E-state index contributed by atoms with van der Waals surface area (Å²) in [7, 11) is 1.38. The average Bonchev–Trinajstić information content (AvgIpc) is 2.67. The Morgan fingerprint density at radius 3 is 2.32 bits per heavy atom. The molecule has 2 aromatic carbocycles. The molecule has 0 fully saturated rings. The molecule has 0 aliphatic heterocycles. The summed E-state index contributed by atoms with van der Waals surface area (Å²) in [6, 6.07) is 9.44. The Hall–Kier alpha value is -3.62. The Labute approximate surface area is 157 Å². The van der Waals surface area contributed by atoms with Gasteiger partial charge in [0.1, 0.15) is 17.3 Å². The van der Waals surface area contributed by atoms with Crippen LogP contribution in [0.2, 0.25) is 0 Å². The number of carbonyl (C=O) groups is 2. The molecule has 0 radical (unpaired) electrons. The molecule has 3 rings (SSSR count). The number of anilines is 1. The number of aryl methyl sites for hydroxylation is 1. The van der Waals surface area contributed by atoms with Crippen molar-refractivity contribution < 1.29 is 23.1 Å². The van der Waals surface area contributed by atoms with Crippen molar-refractivity contribution in [3.05, 3.63) is 70.1 Å². The van der Waals surface area contributed by atoms with Crippen LogP contribution in [0.5, 0.6) is 0 Å². The number of benzene rings is 2. The Balaban J connectivity index is 1.83. The van der Waals surface area contributed by atoms with Gasteiger partial charge in [0.2, 0.25) is 0 Å². The molecule has 28 heavy (non-hydrogen) atoms. The van der Waals surface area contributed by atoms with Gasteiger partial charge in [-0.05, 0) is 25.1 Å². The number of aromatic nitrogens is 2. The summed E-state index contributed by atoms with van der Waals surface area (Å²) in [5, 5.41) is 6.48. The summed E-state index contributed by atoms with van der Waals surface area (Å²) >= 11 is 0. The molecule has 1 amide bonds. The fourth-order valence-corrected chi connectivity index (χ4v) is 2.56.